The van der Waals surface area contributed by atoms with Gasteiger partial charge < -0.3 is 25.4 Å². The fourth-order valence-corrected chi connectivity index (χ4v) is 4.13. The second-order valence-electron chi connectivity index (χ2n) is 8.93. The van der Waals surface area contributed by atoms with Gasteiger partial charge >= 0.3 is 0 Å². The molecule has 1 aromatic heterocycles. The maximum Gasteiger partial charge on any atom is 0.245 e. The summed E-state index contributed by atoms with van der Waals surface area (Å²) in [5.74, 6) is 0.368. The molecule has 3 N–H and O–H groups in total. The minimum atomic E-state index is -0.327. The number of amides is 2. The lowest BCUT2D eigenvalue weighted by Gasteiger charge is -2.13. The molecule has 0 fully saturated rings. The molecule has 0 saturated carbocycles. The Bertz CT molecular complexity index is 1490. The molecule has 0 aliphatic carbocycles. The van der Waals surface area contributed by atoms with Gasteiger partial charge in [-0.25, -0.2) is 14.4 Å². The van der Waals surface area contributed by atoms with Gasteiger partial charge in [-0.15, -0.1) is 0 Å². The summed E-state index contributed by atoms with van der Waals surface area (Å²) in [6.07, 6.45) is 3.08. The van der Waals surface area contributed by atoms with Crippen molar-refractivity contribution in [3.05, 3.63) is 83.4 Å². The van der Waals surface area contributed by atoms with Crippen LogP contribution in [0.5, 0.6) is 5.75 Å². The zero-order chi connectivity index (χ0) is 28.3. The summed E-state index contributed by atoms with van der Waals surface area (Å²) in [5, 5.41) is 9.97. The van der Waals surface area contributed by atoms with Gasteiger partial charge in [0.05, 0.1) is 10.5 Å². The lowest BCUT2D eigenvalue weighted by molar-refractivity contribution is -0.124. The van der Waals surface area contributed by atoms with Crippen molar-refractivity contribution in [2.45, 2.75) is 25.9 Å². The minimum absolute atomic E-state index is 0.0216. The van der Waals surface area contributed by atoms with Crippen molar-refractivity contribution in [3.8, 4) is 5.75 Å². The van der Waals surface area contributed by atoms with Gasteiger partial charge in [0.15, 0.2) is 0 Å². The van der Waals surface area contributed by atoms with Crippen LogP contribution in [0.3, 0.4) is 0 Å². The Balaban J connectivity index is 1.36. The summed E-state index contributed by atoms with van der Waals surface area (Å²) >= 11 is 6.44. The number of carbonyl (C=O) groups is 2. The van der Waals surface area contributed by atoms with Crippen LogP contribution >= 0.6 is 11.6 Å². The average Bonchev–Trinajstić information content (AvgIpc) is 2.93. The van der Waals surface area contributed by atoms with E-state index in [0.717, 1.165) is 0 Å². The van der Waals surface area contributed by atoms with Gasteiger partial charge in [0.25, 0.3) is 0 Å². The third-order valence-electron chi connectivity index (χ3n) is 5.83. The van der Waals surface area contributed by atoms with Crippen LogP contribution in [-0.4, -0.2) is 42.0 Å². The van der Waals surface area contributed by atoms with E-state index in [4.69, 9.17) is 21.1 Å². The highest BCUT2D eigenvalue weighted by molar-refractivity contribution is 6.32. The van der Waals surface area contributed by atoms with E-state index in [-0.39, 0.29) is 30.8 Å². The number of hydrogen-bond acceptors (Lipinski definition) is 7. The molecule has 0 atom stereocenters. The largest absolute Gasteiger partial charge is 0.487 e. The normalized spacial score (nSPS) is 10.8. The van der Waals surface area contributed by atoms with Crippen LogP contribution in [0.25, 0.3) is 10.9 Å². The fourth-order valence-electron chi connectivity index (χ4n) is 3.90. The van der Waals surface area contributed by atoms with Gasteiger partial charge in [-0.3, -0.25) is 9.59 Å². The second-order valence-corrected chi connectivity index (χ2v) is 9.34. The lowest BCUT2D eigenvalue weighted by atomic mass is 10.2. The Hall–Kier alpha value is -4.28. The summed E-state index contributed by atoms with van der Waals surface area (Å²) < 4.78 is 23.9. The van der Waals surface area contributed by atoms with E-state index < -0.39 is 0 Å². The SMILES string of the molecule is COCC(=O)NCCCCC(=O)Nc1ccc2ncnc(Nc3ccc(OCc4cccc(F)c4)c(Cl)c3)c2c1. The number of methoxy groups -OCH3 is 1. The molecule has 0 bridgehead atoms. The van der Waals surface area contributed by atoms with Crippen molar-refractivity contribution in [2.75, 3.05) is 30.9 Å². The molecule has 4 rings (SSSR count). The first-order chi connectivity index (χ1) is 19.4. The second kappa shape index (κ2) is 14.2. The van der Waals surface area contributed by atoms with Gasteiger partial charge in [-0.1, -0.05) is 23.7 Å². The van der Waals surface area contributed by atoms with Crippen LogP contribution in [-0.2, 0) is 20.9 Å². The predicted molar refractivity (Wildman–Crippen MR) is 152 cm³/mol. The summed E-state index contributed by atoms with van der Waals surface area (Å²) in [7, 11) is 1.46. The van der Waals surface area contributed by atoms with Crippen LogP contribution in [0.2, 0.25) is 5.02 Å². The molecule has 4 aromatic rings. The third-order valence-corrected chi connectivity index (χ3v) is 6.12. The number of carbonyl (C=O) groups excluding carboxylic acids is 2. The van der Waals surface area contributed by atoms with Crippen LogP contribution in [0, 0.1) is 5.82 Å². The van der Waals surface area contributed by atoms with Crippen LogP contribution in [0.1, 0.15) is 24.8 Å². The van der Waals surface area contributed by atoms with Crippen molar-refractivity contribution in [3.63, 3.8) is 0 Å². The third kappa shape index (κ3) is 8.36. The number of rotatable bonds is 13. The molecule has 11 heteroatoms. The van der Waals surface area contributed by atoms with E-state index in [1.54, 1.807) is 48.5 Å². The summed E-state index contributed by atoms with van der Waals surface area (Å²) in [6, 6.07) is 16.8. The highest BCUT2D eigenvalue weighted by atomic mass is 35.5. The van der Waals surface area contributed by atoms with Gasteiger partial charge in [0.1, 0.15) is 36.9 Å². The average molecular weight is 566 g/mol. The Morgan fingerprint density at radius 2 is 1.82 bits per heavy atom. The predicted octanol–water partition coefficient (Wildman–Crippen LogP) is 5.62. The Kier molecular flexibility index (Phi) is 10.2. The first-order valence-electron chi connectivity index (χ1n) is 12.7. The standard InChI is InChI=1S/C29H29ClFN5O4/c1-39-17-28(38)32-12-3-2-7-27(37)35-21-8-10-25-23(14-21)29(34-18-33-25)36-22-9-11-26(24(30)15-22)40-16-19-5-4-6-20(31)13-19/h4-6,8-11,13-15,18H,2-3,7,12,16-17H2,1H3,(H,32,38)(H,35,37)(H,33,34,36). The first-order valence-corrected chi connectivity index (χ1v) is 13.0. The van der Waals surface area contributed by atoms with Gasteiger partial charge in [0, 0.05) is 36.8 Å². The van der Waals surface area contributed by atoms with E-state index >= 15 is 0 Å². The van der Waals surface area contributed by atoms with E-state index in [9.17, 15) is 14.0 Å². The topological polar surface area (TPSA) is 114 Å². The molecule has 3 aromatic carbocycles. The molecule has 2 amide bonds. The molecule has 0 radical (unpaired) electrons. The quantitative estimate of drug-likeness (QED) is 0.180. The summed E-state index contributed by atoms with van der Waals surface area (Å²) in [4.78, 5) is 32.5. The molecule has 0 unspecified atom stereocenters. The van der Waals surface area contributed by atoms with Gasteiger partial charge in [-0.2, -0.15) is 0 Å². The number of nitrogens with zero attached hydrogens (tertiary/aromatic N) is 2. The van der Waals surface area contributed by atoms with Crippen LogP contribution in [0.4, 0.5) is 21.6 Å². The summed E-state index contributed by atoms with van der Waals surface area (Å²) in [5.41, 5.74) is 2.68. The monoisotopic (exact) mass is 565 g/mol. The zero-order valence-corrected chi connectivity index (χ0v) is 22.6. The van der Waals surface area contributed by atoms with Crippen molar-refractivity contribution in [1.82, 2.24) is 15.3 Å². The minimum Gasteiger partial charge on any atom is -0.487 e. The van der Waals surface area contributed by atoms with E-state index in [2.05, 4.69) is 25.9 Å². The number of aromatic nitrogens is 2. The number of benzene rings is 3. The van der Waals surface area contributed by atoms with Crippen molar-refractivity contribution in [1.29, 1.82) is 0 Å². The number of ether oxygens (including phenoxy) is 2. The number of fused-ring (bicyclic) bond motifs is 1. The highest BCUT2D eigenvalue weighted by Gasteiger charge is 2.10. The molecule has 40 heavy (non-hydrogen) atoms. The number of nitrogens with one attached hydrogen (secondary N) is 3. The summed E-state index contributed by atoms with van der Waals surface area (Å²) in [6.45, 7) is 0.690. The van der Waals surface area contributed by atoms with Crippen molar-refractivity contribution >= 4 is 51.5 Å². The number of halogens is 2. The van der Waals surface area contributed by atoms with Crippen molar-refractivity contribution in [2.24, 2.45) is 0 Å². The molecular formula is C29H29ClFN5O4. The smallest absolute Gasteiger partial charge is 0.245 e. The van der Waals surface area contributed by atoms with Crippen molar-refractivity contribution < 1.29 is 23.5 Å². The molecule has 9 nitrogen and oxygen atoms in total. The van der Waals surface area contributed by atoms with Crippen LogP contribution in [0.15, 0.2) is 67.0 Å². The molecule has 208 valence electrons. The Labute approximate surface area is 236 Å². The van der Waals surface area contributed by atoms with Crippen LogP contribution < -0.4 is 20.7 Å². The lowest BCUT2D eigenvalue weighted by Crippen LogP contribution is -2.28. The Morgan fingerprint density at radius 1 is 0.975 bits per heavy atom. The molecule has 0 saturated heterocycles. The molecule has 1 heterocycles. The maximum atomic E-state index is 13.4. The Morgan fingerprint density at radius 3 is 2.62 bits per heavy atom. The zero-order valence-electron chi connectivity index (χ0n) is 21.9. The van der Waals surface area contributed by atoms with Gasteiger partial charge in [0.2, 0.25) is 11.8 Å². The highest BCUT2D eigenvalue weighted by Crippen LogP contribution is 2.31. The number of hydrogen-bond donors (Lipinski definition) is 3. The molecule has 0 spiro atoms. The van der Waals surface area contributed by atoms with E-state index in [1.807, 2.05) is 0 Å². The number of unbranched alkanes of at least 4 members (excludes halogenated alkanes) is 1. The molecular weight excluding hydrogens is 537 g/mol. The maximum absolute atomic E-state index is 13.4. The van der Waals surface area contributed by atoms with E-state index in [1.165, 1.54) is 25.6 Å². The van der Waals surface area contributed by atoms with E-state index in [0.29, 0.717) is 70.2 Å². The fraction of sp³-hybridized carbons (Fsp3) is 0.241. The first kappa shape index (κ1) is 28.7. The molecule has 0 aliphatic rings. The number of anilines is 3. The van der Waals surface area contributed by atoms with Gasteiger partial charge in [-0.05, 0) is 66.9 Å². The molecule has 0 aliphatic heterocycles.